The van der Waals surface area contributed by atoms with Crippen LogP contribution in [0.15, 0.2) is 29.4 Å². The summed E-state index contributed by atoms with van der Waals surface area (Å²) in [5, 5.41) is 11.1. The molecule has 0 radical (unpaired) electrons. The van der Waals surface area contributed by atoms with Crippen LogP contribution in [0.1, 0.15) is 12.5 Å². The molecule has 0 aliphatic carbocycles. The number of nitrogens with zero attached hydrogens (tertiary/aromatic N) is 1. The number of oxime groups is 1. The van der Waals surface area contributed by atoms with Crippen LogP contribution < -0.4 is 9.47 Å². The van der Waals surface area contributed by atoms with E-state index in [0.29, 0.717) is 11.5 Å². The minimum absolute atomic E-state index is 0.368. The Bertz CT molecular complexity index is 452. The molecular formula is C12H13NO4. The molecule has 0 fully saturated rings. The summed E-state index contributed by atoms with van der Waals surface area (Å²) in [6.07, 6.45) is 4.53. The lowest BCUT2D eigenvalue weighted by molar-refractivity contribution is -0.132. The summed E-state index contributed by atoms with van der Waals surface area (Å²) in [5.74, 6) is 0.426. The lowest BCUT2D eigenvalue weighted by atomic mass is 10.2. The molecule has 90 valence electrons. The van der Waals surface area contributed by atoms with Crippen LogP contribution in [0.4, 0.5) is 0 Å². The zero-order valence-corrected chi connectivity index (χ0v) is 9.58. The summed E-state index contributed by atoms with van der Waals surface area (Å²) in [4.78, 5) is 10.8. The van der Waals surface area contributed by atoms with Crippen molar-refractivity contribution in [2.75, 3.05) is 7.11 Å². The molecule has 0 aromatic heterocycles. The second kappa shape index (κ2) is 6.32. The molecule has 0 bridgehead atoms. The van der Waals surface area contributed by atoms with Crippen molar-refractivity contribution < 1.29 is 19.5 Å². The van der Waals surface area contributed by atoms with Gasteiger partial charge in [0.05, 0.1) is 13.3 Å². The lowest BCUT2D eigenvalue weighted by Gasteiger charge is -2.08. The minimum atomic E-state index is -0.404. The SMILES string of the molecule is COc1cc(/C=C/C=N/O)ccc1OC(C)=O. The van der Waals surface area contributed by atoms with Gasteiger partial charge < -0.3 is 14.7 Å². The van der Waals surface area contributed by atoms with Crippen molar-refractivity contribution in [3.05, 3.63) is 29.8 Å². The molecule has 0 heterocycles. The Hall–Kier alpha value is -2.30. The molecule has 5 heteroatoms. The van der Waals surface area contributed by atoms with Gasteiger partial charge in [-0.1, -0.05) is 17.3 Å². The molecule has 0 spiro atoms. The van der Waals surface area contributed by atoms with Gasteiger partial charge in [-0.25, -0.2) is 0 Å². The number of ether oxygens (including phenoxy) is 2. The van der Waals surface area contributed by atoms with Gasteiger partial charge in [0, 0.05) is 6.92 Å². The third-order valence-electron chi connectivity index (χ3n) is 1.88. The van der Waals surface area contributed by atoms with E-state index in [-0.39, 0.29) is 0 Å². The van der Waals surface area contributed by atoms with Crippen molar-refractivity contribution in [2.45, 2.75) is 6.92 Å². The van der Waals surface area contributed by atoms with E-state index in [1.165, 1.54) is 20.2 Å². The molecule has 0 unspecified atom stereocenters. The van der Waals surface area contributed by atoms with Crippen molar-refractivity contribution >= 4 is 18.3 Å². The number of benzene rings is 1. The Kier molecular flexibility index (Phi) is 4.75. The van der Waals surface area contributed by atoms with Crippen LogP contribution in [0.5, 0.6) is 11.5 Å². The molecule has 0 amide bonds. The van der Waals surface area contributed by atoms with Gasteiger partial charge in [0.25, 0.3) is 0 Å². The van der Waals surface area contributed by atoms with Crippen LogP contribution in [0.3, 0.4) is 0 Å². The van der Waals surface area contributed by atoms with E-state index in [9.17, 15) is 4.79 Å². The van der Waals surface area contributed by atoms with Crippen molar-refractivity contribution in [3.63, 3.8) is 0 Å². The quantitative estimate of drug-likeness (QED) is 0.285. The van der Waals surface area contributed by atoms with Gasteiger partial charge in [-0.05, 0) is 23.8 Å². The molecule has 17 heavy (non-hydrogen) atoms. The van der Waals surface area contributed by atoms with Crippen molar-refractivity contribution in [1.29, 1.82) is 0 Å². The largest absolute Gasteiger partial charge is 0.493 e. The van der Waals surface area contributed by atoms with E-state index in [1.807, 2.05) is 0 Å². The van der Waals surface area contributed by atoms with Crippen LogP contribution in [0.2, 0.25) is 0 Å². The molecule has 0 saturated heterocycles. The highest BCUT2D eigenvalue weighted by Gasteiger charge is 2.06. The highest BCUT2D eigenvalue weighted by Crippen LogP contribution is 2.28. The number of hydrogen-bond donors (Lipinski definition) is 1. The second-order valence-electron chi connectivity index (χ2n) is 3.13. The predicted octanol–water partition coefficient (Wildman–Crippen LogP) is 2.09. The lowest BCUT2D eigenvalue weighted by Crippen LogP contribution is -2.02. The van der Waals surface area contributed by atoms with Gasteiger partial charge in [0.15, 0.2) is 11.5 Å². The van der Waals surface area contributed by atoms with Crippen molar-refractivity contribution in [1.82, 2.24) is 0 Å². The summed E-state index contributed by atoms with van der Waals surface area (Å²) in [5.41, 5.74) is 0.831. The topological polar surface area (TPSA) is 68.1 Å². The Morgan fingerprint density at radius 1 is 1.41 bits per heavy atom. The van der Waals surface area contributed by atoms with Crippen molar-refractivity contribution in [3.8, 4) is 11.5 Å². The van der Waals surface area contributed by atoms with E-state index >= 15 is 0 Å². The highest BCUT2D eigenvalue weighted by atomic mass is 16.6. The van der Waals surface area contributed by atoms with Gasteiger partial charge in [-0.3, -0.25) is 4.79 Å². The monoisotopic (exact) mass is 235 g/mol. The van der Waals surface area contributed by atoms with E-state index in [0.717, 1.165) is 5.56 Å². The first-order valence-electron chi connectivity index (χ1n) is 4.88. The molecule has 0 saturated carbocycles. The number of carbonyl (C=O) groups excluding carboxylic acids is 1. The molecule has 0 atom stereocenters. The van der Waals surface area contributed by atoms with E-state index in [1.54, 1.807) is 30.4 Å². The summed E-state index contributed by atoms with van der Waals surface area (Å²) >= 11 is 0. The molecule has 0 aliphatic rings. The highest BCUT2D eigenvalue weighted by molar-refractivity contribution is 5.78. The molecule has 1 rings (SSSR count). The van der Waals surface area contributed by atoms with Crippen molar-refractivity contribution in [2.24, 2.45) is 5.16 Å². The normalized spacial score (nSPS) is 10.9. The van der Waals surface area contributed by atoms with Gasteiger partial charge in [0.2, 0.25) is 0 Å². The van der Waals surface area contributed by atoms with Crippen LogP contribution in [-0.4, -0.2) is 24.5 Å². The maximum Gasteiger partial charge on any atom is 0.308 e. The molecule has 1 aromatic carbocycles. The number of allylic oxidation sites excluding steroid dienone is 1. The summed E-state index contributed by atoms with van der Waals surface area (Å²) in [7, 11) is 1.49. The first kappa shape index (κ1) is 12.8. The first-order valence-corrected chi connectivity index (χ1v) is 4.88. The average molecular weight is 235 g/mol. The molecule has 1 aromatic rings. The molecule has 1 N–H and O–H groups in total. The Morgan fingerprint density at radius 3 is 2.76 bits per heavy atom. The zero-order valence-electron chi connectivity index (χ0n) is 9.58. The maximum atomic E-state index is 10.8. The Labute approximate surface area is 99.0 Å². The van der Waals surface area contributed by atoms with Gasteiger partial charge >= 0.3 is 5.97 Å². The maximum absolute atomic E-state index is 10.8. The van der Waals surface area contributed by atoms with E-state index < -0.39 is 5.97 Å². The van der Waals surface area contributed by atoms with E-state index in [4.69, 9.17) is 14.7 Å². The molecule has 0 aliphatic heterocycles. The van der Waals surface area contributed by atoms with Crippen LogP contribution in [0, 0.1) is 0 Å². The smallest absolute Gasteiger partial charge is 0.308 e. The average Bonchev–Trinajstić information content (AvgIpc) is 2.30. The van der Waals surface area contributed by atoms with Gasteiger partial charge in [0.1, 0.15) is 0 Å². The van der Waals surface area contributed by atoms with Crippen LogP contribution in [0.25, 0.3) is 6.08 Å². The van der Waals surface area contributed by atoms with Crippen LogP contribution in [-0.2, 0) is 4.79 Å². The first-order chi connectivity index (χ1) is 8.17. The second-order valence-corrected chi connectivity index (χ2v) is 3.13. The fourth-order valence-corrected chi connectivity index (χ4v) is 1.22. The number of esters is 1. The third kappa shape index (κ3) is 3.98. The van der Waals surface area contributed by atoms with Crippen LogP contribution >= 0.6 is 0 Å². The minimum Gasteiger partial charge on any atom is -0.493 e. The third-order valence-corrected chi connectivity index (χ3v) is 1.88. The summed E-state index contributed by atoms with van der Waals surface area (Å²) in [6, 6.07) is 5.10. The molecular weight excluding hydrogens is 222 g/mol. The standard InChI is InChI=1S/C12H13NO4/c1-9(14)17-11-6-5-10(4-3-7-13-15)8-12(11)16-2/h3-8,15H,1-2H3/b4-3+,13-7+. The molecule has 5 nitrogen and oxygen atoms in total. The number of carbonyl (C=O) groups is 1. The number of methoxy groups -OCH3 is 1. The summed E-state index contributed by atoms with van der Waals surface area (Å²) < 4.78 is 10.1. The number of rotatable bonds is 4. The van der Waals surface area contributed by atoms with Gasteiger partial charge in [-0.15, -0.1) is 0 Å². The Balaban J connectivity index is 2.95. The summed E-state index contributed by atoms with van der Waals surface area (Å²) in [6.45, 7) is 1.32. The Morgan fingerprint density at radius 2 is 2.18 bits per heavy atom. The van der Waals surface area contributed by atoms with Gasteiger partial charge in [-0.2, -0.15) is 0 Å². The fraction of sp³-hybridized carbons (Fsp3) is 0.167. The number of hydrogen-bond acceptors (Lipinski definition) is 5. The predicted molar refractivity (Wildman–Crippen MR) is 63.6 cm³/mol. The van der Waals surface area contributed by atoms with E-state index in [2.05, 4.69) is 5.16 Å². The zero-order chi connectivity index (χ0) is 12.7. The fourth-order valence-electron chi connectivity index (χ4n) is 1.22.